The number of rotatable bonds is 9. The first kappa shape index (κ1) is 14.7. The van der Waals surface area contributed by atoms with E-state index in [1.807, 2.05) is 0 Å². The van der Waals surface area contributed by atoms with Crippen LogP contribution in [0.25, 0.3) is 0 Å². The molecule has 1 heterocycles. The number of aliphatic hydroxyl groups excluding tert-OH is 1. The summed E-state index contributed by atoms with van der Waals surface area (Å²) in [4.78, 5) is 10.8. The molecule has 0 amide bonds. The fraction of sp³-hybridized carbons (Fsp3) is 0.615. The molecule has 1 aromatic heterocycles. The first-order valence-electron chi connectivity index (χ1n) is 6.29. The van der Waals surface area contributed by atoms with Crippen molar-refractivity contribution in [3.63, 3.8) is 0 Å². The Labute approximate surface area is 107 Å². The first-order valence-corrected chi connectivity index (χ1v) is 6.29. The smallest absolute Gasteiger partial charge is 0.372 e. The highest BCUT2D eigenvalue weighted by Gasteiger charge is 2.13. The fourth-order valence-electron chi connectivity index (χ4n) is 1.77. The third kappa shape index (κ3) is 4.89. The lowest BCUT2D eigenvalue weighted by Gasteiger charge is -2.02. The summed E-state index contributed by atoms with van der Waals surface area (Å²) in [6, 6.07) is 1.75. The molecule has 1 rings (SSSR count). The zero-order valence-electron chi connectivity index (χ0n) is 10.7. The lowest BCUT2D eigenvalue weighted by molar-refractivity contribution is 0.0659. The molecule has 0 bridgehead atoms. The SMILES string of the molecule is Cc1cc(CNCCCCCCO)oc1C(=O)O. The van der Waals surface area contributed by atoms with Crippen LogP contribution in [0.4, 0.5) is 0 Å². The minimum absolute atomic E-state index is 0.0229. The van der Waals surface area contributed by atoms with Crippen molar-refractivity contribution in [2.24, 2.45) is 0 Å². The van der Waals surface area contributed by atoms with Gasteiger partial charge in [-0.3, -0.25) is 0 Å². The van der Waals surface area contributed by atoms with Gasteiger partial charge in [0.25, 0.3) is 0 Å². The average Bonchev–Trinajstić information content (AvgIpc) is 2.69. The van der Waals surface area contributed by atoms with E-state index in [4.69, 9.17) is 14.6 Å². The number of carboxylic acid groups (broad SMARTS) is 1. The van der Waals surface area contributed by atoms with Gasteiger partial charge in [0.2, 0.25) is 5.76 Å². The molecule has 0 unspecified atom stereocenters. The maximum Gasteiger partial charge on any atom is 0.372 e. The van der Waals surface area contributed by atoms with Gasteiger partial charge in [0.1, 0.15) is 5.76 Å². The van der Waals surface area contributed by atoms with Gasteiger partial charge in [0.05, 0.1) is 6.54 Å². The van der Waals surface area contributed by atoms with Crippen molar-refractivity contribution in [2.75, 3.05) is 13.2 Å². The molecule has 0 saturated heterocycles. The molecular formula is C13H21NO4. The van der Waals surface area contributed by atoms with Gasteiger partial charge in [0, 0.05) is 12.2 Å². The maximum absolute atomic E-state index is 10.8. The molecule has 0 spiro atoms. The summed E-state index contributed by atoms with van der Waals surface area (Å²) in [7, 11) is 0. The summed E-state index contributed by atoms with van der Waals surface area (Å²) in [5.41, 5.74) is 0.655. The Morgan fingerprint density at radius 1 is 1.33 bits per heavy atom. The number of aromatic carboxylic acids is 1. The highest BCUT2D eigenvalue weighted by atomic mass is 16.4. The molecule has 0 fully saturated rings. The van der Waals surface area contributed by atoms with Crippen molar-refractivity contribution in [3.05, 3.63) is 23.2 Å². The Balaban J connectivity index is 2.19. The molecule has 0 radical (unpaired) electrons. The number of carbonyl (C=O) groups is 1. The summed E-state index contributed by atoms with van der Waals surface area (Å²) in [5, 5.41) is 20.7. The zero-order chi connectivity index (χ0) is 13.4. The van der Waals surface area contributed by atoms with Gasteiger partial charge in [-0.2, -0.15) is 0 Å². The predicted molar refractivity (Wildman–Crippen MR) is 67.7 cm³/mol. The van der Waals surface area contributed by atoms with Gasteiger partial charge < -0.3 is 19.9 Å². The molecule has 5 heteroatoms. The van der Waals surface area contributed by atoms with E-state index in [0.29, 0.717) is 17.9 Å². The molecule has 3 N–H and O–H groups in total. The standard InChI is InChI=1S/C13H21NO4/c1-10-8-11(18-12(10)13(16)17)9-14-6-4-2-3-5-7-15/h8,14-15H,2-7,9H2,1H3,(H,16,17). The third-order valence-corrected chi connectivity index (χ3v) is 2.72. The number of aryl methyl sites for hydroxylation is 1. The molecule has 102 valence electrons. The number of nitrogens with one attached hydrogen (secondary N) is 1. The van der Waals surface area contributed by atoms with Crippen LogP contribution in [-0.2, 0) is 6.54 Å². The Hall–Kier alpha value is -1.33. The van der Waals surface area contributed by atoms with Crippen molar-refractivity contribution in [1.29, 1.82) is 0 Å². The number of hydrogen-bond acceptors (Lipinski definition) is 4. The van der Waals surface area contributed by atoms with Crippen LogP contribution in [0.1, 0.15) is 47.6 Å². The number of carboxylic acids is 1. The molecule has 1 aromatic rings. The summed E-state index contributed by atoms with van der Waals surface area (Å²) >= 11 is 0. The predicted octanol–water partition coefficient (Wildman–Crippen LogP) is 1.93. The Morgan fingerprint density at radius 2 is 2.06 bits per heavy atom. The van der Waals surface area contributed by atoms with E-state index < -0.39 is 5.97 Å². The molecular weight excluding hydrogens is 234 g/mol. The third-order valence-electron chi connectivity index (χ3n) is 2.72. The molecule has 0 aromatic carbocycles. The van der Waals surface area contributed by atoms with Crippen LogP contribution in [0.5, 0.6) is 0 Å². The van der Waals surface area contributed by atoms with Crippen LogP contribution < -0.4 is 5.32 Å². The van der Waals surface area contributed by atoms with Gasteiger partial charge in [-0.1, -0.05) is 12.8 Å². The molecule has 18 heavy (non-hydrogen) atoms. The van der Waals surface area contributed by atoms with Crippen LogP contribution in [0.2, 0.25) is 0 Å². The maximum atomic E-state index is 10.8. The minimum Gasteiger partial charge on any atom is -0.475 e. The molecule has 5 nitrogen and oxygen atoms in total. The Morgan fingerprint density at radius 3 is 2.67 bits per heavy atom. The van der Waals surface area contributed by atoms with Gasteiger partial charge >= 0.3 is 5.97 Å². The van der Waals surface area contributed by atoms with E-state index in [1.165, 1.54) is 0 Å². The van der Waals surface area contributed by atoms with Crippen molar-refractivity contribution in [2.45, 2.75) is 39.2 Å². The lowest BCUT2D eigenvalue weighted by Crippen LogP contribution is -2.14. The van der Waals surface area contributed by atoms with Gasteiger partial charge in [0.15, 0.2) is 0 Å². The highest BCUT2D eigenvalue weighted by Crippen LogP contribution is 2.14. The monoisotopic (exact) mass is 255 g/mol. The molecule has 0 aliphatic rings. The van der Waals surface area contributed by atoms with Crippen molar-refractivity contribution < 1.29 is 19.4 Å². The number of aliphatic hydroxyl groups is 1. The zero-order valence-corrected chi connectivity index (χ0v) is 10.7. The second-order valence-electron chi connectivity index (χ2n) is 4.34. The van der Waals surface area contributed by atoms with E-state index in [9.17, 15) is 4.79 Å². The number of unbranched alkanes of at least 4 members (excludes halogenated alkanes) is 3. The quantitative estimate of drug-likeness (QED) is 0.587. The second kappa shape index (κ2) is 7.89. The Kier molecular flexibility index (Phi) is 6.46. The molecule has 0 atom stereocenters. The van der Waals surface area contributed by atoms with Crippen LogP contribution >= 0.6 is 0 Å². The summed E-state index contributed by atoms with van der Waals surface area (Å²) in [5.74, 6) is -0.349. The second-order valence-corrected chi connectivity index (χ2v) is 4.34. The lowest BCUT2D eigenvalue weighted by atomic mass is 10.2. The van der Waals surface area contributed by atoms with Gasteiger partial charge in [-0.05, 0) is 32.4 Å². The highest BCUT2D eigenvalue weighted by molar-refractivity contribution is 5.86. The fourth-order valence-corrected chi connectivity index (χ4v) is 1.77. The van der Waals surface area contributed by atoms with Crippen LogP contribution in [0.15, 0.2) is 10.5 Å². The normalized spacial score (nSPS) is 10.8. The summed E-state index contributed by atoms with van der Waals surface area (Å²) in [6.07, 6.45) is 4.04. The van der Waals surface area contributed by atoms with E-state index in [2.05, 4.69) is 5.32 Å². The minimum atomic E-state index is -1.03. The van der Waals surface area contributed by atoms with Crippen LogP contribution in [0, 0.1) is 6.92 Å². The molecule has 0 saturated carbocycles. The van der Waals surface area contributed by atoms with E-state index in [1.54, 1.807) is 13.0 Å². The molecule has 0 aliphatic carbocycles. The molecule has 0 aliphatic heterocycles. The summed E-state index contributed by atoms with van der Waals surface area (Å²) in [6.45, 7) is 3.41. The topological polar surface area (TPSA) is 82.7 Å². The van der Waals surface area contributed by atoms with E-state index in [0.717, 1.165) is 32.2 Å². The summed E-state index contributed by atoms with van der Waals surface area (Å²) < 4.78 is 5.23. The number of hydrogen-bond donors (Lipinski definition) is 3. The van der Waals surface area contributed by atoms with Gasteiger partial charge in [-0.15, -0.1) is 0 Å². The van der Waals surface area contributed by atoms with Crippen molar-refractivity contribution in [3.8, 4) is 0 Å². The Bertz CT molecular complexity index is 373. The number of furan rings is 1. The van der Waals surface area contributed by atoms with Gasteiger partial charge in [-0.25, -0.2) is 4.79 Å². The van der Waals surface area contributed by atoms with Crippen LogP contribution in [0.3, 0.4) is 0 Å². The largest absolute Gasteiger partial charge is 0.475 e. The first-order chi connectivity index (χ1) is 8.65. The average molecular weight is 255 g/mol. The van der Waals surface area contributed by atoms with Crippen LogP contribution in [-0.4, -0.2) is 29.3 Å². The van der Waals surface area contributed by atoms with Crippen molar-refractivity contribution >= 4 is 5.97 Å². The van der Waals surface area contributed by atoms with Crippen molar-refractivity contribution in [1.82, 2.24) is 5.32 Å². The van der Waals surface area contributed by atoms with E-state index in [-0.39, 0.29) is 12.4 Å². The van der Waals surface area contributed by atoms with E-state index >= 15 is 0 Å².